The maximum absolute atomic E-state index is 8.74. The van der Waals surface area contributed by atoms with E-state index < -0.39 is 17.5 Å². The second kappa shape index (κ2) is 7.33. The lowest BCUT2D eigenvalue weighted by molar-refractivity contribution is 0.330. The van der Waals surface area contributed by atoms with Gasteiger partial charge in [0.05, 0.1) is 0 Å². The van der Waals surface area contributed by atoms with Gasteiger partial charge in [-0.3, -0.25) is 4.46 Å². The van der Waals surface area contributed by atoms with Crippen molar-refractivity contribution in [3.8, 4) is 0 Å². The third-order valence-electron chi connectivity index (χ3n) is 2.34. The van der Waals surface area contributed by atoms with Crippen LogP contribution >= 0.6 is 0 Å². The monoisotopic (exact) mass is 286 g/mol. The van der Waals surface area contributed by atoms with Crippen LogP contribution in [0.2, 0.25) is 13.1 Å². The quantitative estimate of drug-likeness (QED) is 0.730. The summed E-state index contributed by atoms with van der Waals surface area (Å²) in [6, 6.07) is 8.36. The van der Waals surface area contributed by atoms with E-state index in [2.05, 4.69) is 37.9 Å². The van der Waals surface area contributed by atoms with Gasteiger partial charge in [-0.1, -0.05) is 36.9 Å². The lowest BCUT2D eigenvalue weighted by Crippen LogP contribution is -2.45. The Labute approximate surface area is 107 Å². The van der Waals surface area contributed by atoms with Gasteiger partial charge < -0.3 is 13.7 Å². The first-order chi connectivity index (χ1) is 7.85. The van der Waals surface area contributed by atoms with Crippen molar-refractivity contribution in [3.05, 3.63) is 36.4 Å². The van der Waals surface area contributed by atoms with Crippen LogP contribution in [-0.4, -0.2) is 37.6 Å². The maximum Gasteiger partial charge on any atom is 0.761 e. The average molecular weight is 287 g/mol. The summed E-state index contributed by atoms with van der Waals surface area (Å²) < 4.78 is 14.4. The fraction of sp³-hybridized carbons (Fsp3) is 0.200. The number of rotatable bonds is 3. The standard InChI is InChI=1S/C10H16OSi2.H2O3Si/c1-4-9-7-5-6-8-10(9)13(2,3)11-12;1-4(2)3/h4-8H,1H2,2-3,12H3;1-2H. The molecule has 0 aliphatic rings. The van der Waals surface area contributed by atoms with Gasteiger partial charge in [0.25, 0.3) is 0 Å². The van der Waals surface area contributed by atoms with Gasteiger partial charge in [0.2, 0.25) is 8.32 Å². The van der Waals surface area contributed by atoms with Gasteiger partial charge in [0, 0.05) is 0 Å². The largest absolute Gasteiger partial charge is 0.761 e. The third-order valence-corrected chi connectivity index (χ3v) is 8.17. The van der Waals surface area contributed by atoms with Gasteiger partial charge in [0.15, 0.2) is 0 Å². The lowest BCUT2D eigenvalue weighted by atomic mass is 10.2. The molecule has 0 amide bonds. The molecule has 17 heavy (non-hydrogen) atoms. The SMILES string of the molecule is C=Cc1ccccc1[Si](C)(C)O[SiH3].O=[Si](O)O. The highest BCUT2D eigenvalue weighted by atomic mass is 28.4. The van der Waals surface area contributed by atoms with E-state index in [4.69, 9.17) is 18.2 Å². The highest BCUT2D eigenvalue weighted by Crippen LogP contribution is 2.08. The summed E-state index contributed by atoms with van der Waals surface area (Å²) in [4.78, 5) is 14.3. The van der Waals surface area contributed by atoms with Crippen LogP contribution in [0.3, 0.4) is 0 Å². The average Bonchev–Trinajstić information content (AvgIpc) is 2.28. The Kier molecular flexibility index (Phi) is 6.88. The Balaban J connectivity index is 0.000000557. The van der Waals surface area contributed by atoms with E-state index in [0.29, 0.717) is 0 Å². The summed E-state index contributed by atoms with van der Waals surface area (Å²) in [6.45, 7) is 8.27. The van der Waals surface area contributed by atoms with E-state index in [1.165, 1.54) is 10.8 Å². The third kappa shape index (κ3) is 5.73. The molecule has 0 aliphatic carbocycles. The van der Waals surface area contributed by atoms with Gasteiger partial charge in [0.1, 0.15) is 10.5 Å². The fourth-order valence-electron chi connectivity index (χ4n) is 1.33. The minimum Gasteiger partial charge on any atom is -0.511 e. The summed E-state index contributed by atoms with van der Waals surface area (Å²) in [6.07, 6.45) is 1.91. The van der Waals surface area contributed by atoms with E-state index in [-0.39, 0.29) is 0 Å². The molecule has 2 N–H and O–H groups in total. The van der Waals surface area contributed by atoms with Crippen LogP contribution in [0.15, 0.2) is 30.8 Å². The van der Waals surface area contributed by atoms with Gasteiger partial charge in [-0.05, 0) is 23.8 Å². The lowest BCUT2D eigenvalue weighted by Gasteiger charge is -2.23. The van der Waals surface area contributed by atoms with Crippen molar-refractivity contribution in [2.24, 2.45) is 0 Å². The highest BCUT2D eigenvalue weighted by Gasteiger charge is 2.24. The minimum absolute atomic E-state index is 0.810. The maximum atomic E-state index is 8.74. The van der Waals surface area contributed by atoms with Crippen molar-refractivity contribution in [2.75, 3.05) is 0 Å². The molecule has 0 aliphatic heterocycles. The number of hydrogen-bond donors (Lipinski definition) is 2. The topological polar surface area (TPSA) is 66.8 Å². The van der Waals surface area contributed by atoms with Gasteiger partial charge in [-0.2, -0.15) is 0 Å². The van der Waals surface area contributed by atoms with Gasteiger partial charge >= 0.3 is 9.17 Å². The molecule has 94 valence electrons. The van der Waals surface area contributed by atoms with Crippen molar-refractivity contribution in [1.82, 2.24) is 0 Å². The van der Waals surface area contributed by atoms with Crippen molar-refractivity contribution in [3.63, 3.8) is 0 Å². The Morgan fingerprint density at radius 2 is 1.88 bits per heavy atom. The molecule has 0 bridgehead atoms. The summed E-state index contributed by atoms with van der Waals surface area (Å²) in [5, 5.41) is 1.35. The van der Waals surface area contributed by atoms with Crippen molar-refractivity contribution in [2.45, 2.75) is 13.1 Å². The molecule has 0 saturated heterocycles. The fourth-order valence-corrected chi connectivity index (χ4v) is 3.59. The molecular weight excluding hydrogens is 268 g/mol. The molecule has 0 radical (unpaired) electrons. The molecule has 7 heteroatoms. The first kappa shape index (κ1) is 16.0. The molecule has 0 saturated carbocycles. The van der Waals surface area contributed by atoms with Crippen LogP contribution in [0.25, 0.3) is 6.08 Å². The van der Waals surface area contributed by atoms with Crippen LogP contribution in [0.4, 0.5) is 0 Å². The van der Waals surface area contributed by atoms with E-state index in [1.54, 1.807) is 0 Å². The van der Waals surface area contributed by atoms with E-state index in [1.807, 2.05) is 12.1 Å². The van der Waals surface area contributed by atoms with Crippen LogP contribution in [-0.2, 0) is 8.58 Å². The number of hydrogen-bond acceptors (Lipinski definition) is 2. The summed E-state index contributed by atoms with van der Waals surface area (Å²) >= 11 is 0. The molecule has 1 aromatic rings. The molecule has 4 nitrogen and oxygen atoms in total. The summed E-state index contributed by atoms with van der Waals surface area (Å²) in [7, 11) is -3.95. The number of benzene rings is 1. The second-order valence-electron chi connectivity index (χ2n) is 3.79. The molecule has 1 aromatic carbocycles. The van der Waals surface area contributed by atoms with E-state index in [9.17, 15) is 0 Å². The first-order valence-electron chi connectivity index (χ1n) is 5.04. The molecule has 0 heterocycles. The zero-order chi connectivity index (χ0) is 13.5. The second-order valence-corrected chi connectivity index (χ2v) is 9.55. The van der Waals surface area contributed by atoms with Crippen molar-refractivity contribution >= 4 is 39.2 Å². The first-order valence-corrected chi connectivity index (χ1v) is 10.1. The summed E-state index contributed by atoms with van der Waals surface area (Å²) in [5.74, 6) is 0. The van der Waals surface area contributed by atoms with Crippen LogP contribution < -0.4 is 5.19 Å². The van der Waals surface area contributed by atoms with Crippen LogP contribution in [0.5, 0.6) is 0 Å². The molecule has 0 spiro atoms. The molecule has 0 aromatic heterocycles. The molecule has 0 unspecified atom stereocenters. The van der Waals surface area contributed by atoms with Crippen molar-refractivity contribution < 1.29 is 18.2 Å². The molecular formula is C10H18O4Si3. The molecule has 0 fully saturated rings. The predicted molar refractivity (Wildman–Crippen MR) is 75.6 cm³/mol. The predicted octanol–water partition coefficient (Wildman–Crippen LogP) is -0.575. The van der Waals surface area contributed by atoms with Gasteiger partial charge in [-0.15, -0.1) is 0 Å². The van der Waals surface area contributed by atoms with E-state index >= 15 is 0 Å². The summed E-state index contributed by atoms with van der Waals surface area (Å²) in [5.41, 5.74) is 1.22. The van der Waals surface area contributed by atoms with Gasteiger partial charge in [-0.25, -0.2) is 0 Å². The Bertz CT molecular complexity index is 389. The Hall–Kier alpha value is -1.03. The van der Waals surface area contributed by atoms with Crippen molar-refractivity contribution in [1.29, 1.82) is 0 Å². The highest BCUT2D eigenvalue weighted by molar-refractivity contribution is 6.86. The van der Waals surface area contributed by atoms with Crippen LogP contribution in [0.1, 0.15) is 5.56 Å². The zero-order valence-electron chi connectivity index (χ0n) is 10.3. The normalized spacial score (nSPS) is 10.2. The Morgan fingerprint density at radius 3 is 2.29 bits per heavy atom. The smallest absolute Gasteiger partial charge is 0.511 e. The van der Waals surface area contributed by atoms with E-state index in [0.717, 1.165) is 10.5 Å². The molecule has 1 rings (SSSR count). The Morgan fingerprint density at radius 1 is 1.41 bits per heavy atom. The van der Waals surface area contributed by atoms with Crippen LogP contribution in [0, 0.1) is 0 Å². The molecule has 0 atom stereocenters. The minimum atomic E-state index is -3.13. The zero-order valence-corrected chi connectivity index (χ0v) is 14.3.